The summed E-state index contributed by atoms with van der Waals surface area (Å²) in [6.45, 7) is 0. The van der Waals surface area contributed by atoms with Crippen molar-refractivity contribution in [3.05, 3.63) is 69.9 Å². The van der Waals surface area contributed by atoms with Crippen molar-refractivity contribution in [1.29, 1.82) is 0 Å². The molecular formula is C21H17NO4S. The molecule has 0 saturated carbocycles. The van der Waals surface area contributed by atoms with E-state index in [-0.39, 0.29) is 23.1 Å². The zero-order chi connectivity index (χ0) is 19.0. The fourth-order valence-corrected chi connectivity index (χ4v) is 4.67. The number of benzene rings is 2. The number of nitrogens with one attached hydrogen (secondary N) is 1. The van der Waals surface area contributed by atoms with E-state index in [2.05, 4.69) is 5.32 Å². The predicted molar refractivity (Wildman–Crippen MR) is 105 cm³/mol. The molecule has 0 bridgehead atoms. The number of anilines is 1. The number of carboxylic acid groups (broad SMARTS) is 1. The first-order valence-electron chi connectivity index (χ1n) is 8.47. The van der Waals surface area contributed by atoms with Crippen LogP contribution in [0, 0.1) is 0 Å². The lowest BCUT2D eigenvalue weighted by atomic mass is 9.88. The van der Waals surface area contributed by atoms with E-state index in [1.165, 1.54) is 11.3 Å². The molecule has 1 atom stereocenters. The molecule has 1 aliphatic heterocycles. The van der Waals surface area contributed by atoms with Gasteiger partial charge in [0.1, 0.15) is 10.6 Å². The van der Waals surface area contributed by atoms with Crippen LogP contribution in [-0.2, 0) is 4.79 Å². The topological polar surface area (TPSA) is 75.6 Å². The van der Waals surface area contributed by atoms with Gasteiger partial charge in [0.2, 0.25) is 5.91 Å². The van der Waals surface area contributed by atoms with Gasteiger partial charge >= 0.3 is 5.97 Å². The lowest BCUT2D eigenvalue weighted by Crippen LogP contribution is -2.22. The molecule has 6 heteroatoms. The van der Waals surface area contributed by atoms with Crippen LogP contribution in [0.5, 0.6) is 5.75 Å². The van der Waals surface area contributed by atoms with Crippen LogP contribution >= 0.6 is 11.3 Å². The summed E-state index contributed by atoms with van der Waals surface area (Å²) in [5.74, 6) is -0.548. The summed E-state index contributed by atoms with van der Waals surface area (Å²) >= 11 is 1.23. The third-order valence-electron chi connectivity index (χ3n) is 4.68. The number of amides is 1. The van der Waals surface area contributed by atoms with E-state index in [0.29, 0.717) is 11.3 Å². The second-order valence-corrected chi connectivity index (χ2v) is 7.35. The molecule has 0 spiro atoms. The van der Waals surface area contributed by atoms with Crippen molar-refractivity contribution in [2.75, 3.05) is 12.4 Å². The van der Waals surface area contributed by atoms with Crippen LogP contribution in [0.25, 0.3) is 11.1 Å². The zero-order valence-corrected chi connectivity index (χ0v) is 15.4. The van der Waals surface area contributed by atoms with Crippen molar-refractivity contribution >= 4 is 28.9 Å². The second kappa shape index (κ2) is 6.89. The SMILES string of the molecule is COc1ccc(C2CC(=O)Nc3c2sc(C(=O)O)c3-c2ccccc2)cc1. The van der Waals surface area contributed by atoms with Crippen LogP contribution in [-0.4, -0.2) is 24.1 Å². The maximum absolute atomic E-state index is 12.4. The smallest absolute Gasteiger partial charge is 0.346 e. The Morgan fingerprint density at radius 2 is 1.85 bits per heavy atom. The Balaban J connectivity index is 1.89. The molecule has 4 rings (SSSR count). The summed E-state index contributed by atoms with van der Waals surface area (Å²) in [5.41, 5.74) is 2.93. The van der Waals surface area contributed by atoms with E-state index >= 15 is 0 Å². The van der Waals surface area contributed by atoms with Crippen LogP contribution in [0.2, 0.25) is 0 Å². The van der Waals surface area contributed by atoms with E-state index < -0.39 is 5.97 Å². The van der Waals surface area contributed by atoms with E-state index in [1.807, 2.05) is 54.6 Å². The molecule has 136 valence electrons. The summed E-state index contributed by atoms with van der Waals surface area (Å²) in [7, 11) is 1.60. The number of ether oxygens (including phenoxy) is 1. The number of aromatic carboxylic acids is 1. The summed E-state index contributed by atoms with van der Waals surface area (Å²) in [6.07, 6.45) is 0.285. The summed E-state index contributed by atoms with van der Waals surface area (Å²) < 4.78 is 5.21. The number of hydrogen-bond donors (Lipinski definition) is 2. The number of fused-ring (bicyclic) bond motifs is 1. The van der Waals surface area contributed by atoms with Crippen LogP contribution in [0.1, 0.15) is 32.5 Å². The molecule has 1 aliphatic rings. The van der Waals surface area contributed by atoms with Gasteiger partial charge in [0.15, 0.2) is 0 Å². The minimum Gasteiger partial charge on any atom is -0.497 e. The predicted octanol–water partition coefficient (Wildman–Crippen LogP) is 4.60. The molecule has 2 N–H and O–H groups in total. The van der Waals surface area contributed by atoms with Crippen molar-refractivity contribution in [2.45, 2.75) is 12.3 Å². The van der Waals surface area contributed by atoms with Gasteiger partial charge in [-0.3, -0.25) is 4.79 Å². The van der Waals surface area contributed by atoms with Gasteiger partial charge < -0.3 is 15.2 Å². The molecule has 1 unspecified atom stereocenters. The average molecular weight is 379 g/mol. The van der Waals surface area contributed by atoms with E-state index in [9.17, 15) is 14.7 Å². The highest BCUT2D eigenvalue weighted by Crippen LogP contribution is 2.49. The molecule has 0 fully saturated rings. The van der Waals surface area contributed by atoms with Gasteiger partial charge in [-0.05, 0) is 23.3 Å². The van der Waals surface area contributed by atoms with Crippen molar-refractivity contribution in [3.8, 4) is 16.9 Å². The van der Waals surface area contributed by atoms with Gasteiger partial charge in [0.25, 0.3) is 0 Å². The molecule has 3 aromatic rings. The Labute approximate surface area is 160 Å². The molecule has 1 amide bonds. The molecule has 0 radical (unpaired) electrons. The molecule has 0 saturated heterocycles. The Hall–Kier alpha value is -3.12. The fourth-order valence-electron chi connectivity index (χ4n) is 3.42. The molecule has 2 aromatic carbocycles. The average Bonchev–Trinajstić information content (AvgIpc) is 3.07. The number of carbonyl (C=O) groups excluding carboxylic acids is 1. The van der Waals surface area contributed by atoms with Crippen molar-refractivity contribution in [3.63, 3.8) is 0 Å². The molecule has 2 heterocycles. The highest BCUT2D eigenvalue weighted by molar-refractivity contribution is 7.15. The molecule has 1 aromatic heterocycles. The Bertz CT molecular complexity index is 1010. The number of thiophene rings is 1. The number of carboxylic acids is 1. The minimum atomic E-state index is -0.990. The van der Waals surface area contributed by atoms with Gasteiger partial charge in [-0.25, -0.2) is 4.79 Å². The second-order valence-electron chi connectivity index (χ2n) is 6.29. The standard InChI is InChI=1S/C21H17NO4S/c1-26-14-9-7-12(8-10-14)15-11-16(23)22-18-17(13-5-3-2-4-6-13)20(21(24)25)27-19(15)18/h2-10,15H,11H2,1H3,(H,22,23)(H,24,25). The van der Waals surface area contributed by atoms with Crippen LogP contribution < -0.4 is 10.1 Å². The highest BCUT2D eigenvalue weighted by atomic mass is 32.1. The van der Waals surface area contributed by atoms with Crippen LogP contribution in [0.3, 0.4) is 0 Å². The Morgan fingerprint density at radius 3 is 2.48 bits per heavy atom. The van der Waals surface area contributed by atoms with Crippen molar-refractivity contribution < 1.29 is 19.4 Å². The fraction of sp³-hybridized carbons (Fsp3) is 0.143. The van der Waals surface area contributed by atoms with E-state index in [4.69, 9.17) is 4.74 Å². The van der Waals surface area contributed by atoms with Crippen LogP contribution in [0.15, 0.2) is 54.6 Å². The number of hydrogen-bond acceptors (Lipinski definition) is 4. The number of carbonyl (C=O) groups is 2. The minimum absolute atomic E-state index is 0.116. The Kier molecular flexibility index (Phi) is 4.41. The third-order valence-corrected chi connectivity index (χ3v) is 5.97. The summed E-state index contributed by atoms with van der Waals surface area (Å²) in [5, 5.41) is 12.7. The first-order chi connectivity index (χ1) is 13.1. The molecule has 0 aliphatic carbocycles. The number of rotatable bonds is 4. The lowest BCUT2D eigenvalue weighted by Gasteiger charge is -2.24. The molecule has 27 heavy (non-hydrogen) atoms. The summed E-state index contributed by atoms with van der Waals surface area (Å²) in [4.78, 5) is 25.4. The molecular weight excluding hydrogens is 362 g/mol. The van der Waals surface area contributed by atoms with Crippen molar-refractivity contribution in [1.82, 2.24) is 0 Å². The monoisotopic (exact) mass is 379 g/mol. The van der Waals surface area contributed by atoms with Gasteiger partial charge in [0.05, 0.1) is 12.8 Å². The van der Waals surface area contributed by atoms with E-state index in [0.717, 1.165) is 21.8 Å². The Morgan fingerprint density at radius 1 is 1.15 bits per heavy atom. The third kappa shape index (κ3) is 3.08. The van der Waals surface area contributed by atoms with Crippen LogP contribution in [0.4, 0.5) is 5.69 Å². The zero-order valence-electron chi connectivity index (χ0n) is 14.6. The maximum atomic E-state index is 12.4. The first kappa shape index (κ1) is 17.3. The van der Waals surface area contributed by atoms with Gasteiger partial charge in [-0.1, -0.05) is 42.5 Å². The van der Waals surface area contributed by atoms with Crippen molar-refractivity contribution in [2.24, 2.45) is 0 Å². The number of methoxy groups -OCH3 is 1. The first-order valence-corrected chi connectivity index (χ1v) is 9.29. The highest BCUT2D eigenvalue weighted by Gasteiger charge is 2.34. The van der Waals surface area contributed by atoms with Gasteiger partial charge in [-0.15, -0.1) is 11.3 Å². The molecule has 5 nitrogen and oxygen atoms in total. The van der Waals surface area contributed by atoms with E-state index in [1.54, 1.807) is 7.11 Å². The lowest BCUT2D eigenvalue weighted by molar-refractivity contribution is -0.116. The largest absolute Gasteiger partial charge is 0.497 e. The van der Waals surface area contributed by atoms with Gasteiger partial charge in [-0.2, -0.15) is 0 Å². The van der Waals surface area contributed by atoms with Gasteiger partial charge in [0, 0.05) is 22.8 Å². The normalized spacial score (nSPS) is 15.7. The maximum Gasteiger partial charge on any atom is 0.346 e. The summed E-state index contributed by atoms with van der Waals surface area (Å²) in [6, 6.07) is 16.9. The quantitative estimate of drug-likeness (QED) is 0.695.